The van der Waals surface area contributed by atoms with Crippen LogP contribution in [0.2, 0.25) is 0 Å². The number of carbonyl (C=O) groups excluding carboxylic acids is 1. The summed E-state index contributed by atoms with van der Waals surface area (Å²) in [6, 6.07) is 15.4. The van der Waals surface area contributed by atoms with Gasteiger partial charge in [0.15, 0.2) is 0 Å². The van der Waals surface area contributed by atoms with Crippen LogP contribution >= 0.6 is 0 Å². The molecule has 0 aliphatic rings. The van der Waals surface area contributed by atoms with Crippen LogP contribution in [-0.2, 0) is 16.4 Å². The average molecular weight is 384 g/mol. The van der Waals surface area contributed by atoms with Crippen LogP contribution in [0.1, 0.15) is 29.4 Å². The predicted molar refractivity (Wildman–Crippen MR) is 103 cm³/mol. The number of sulfonamides is 1. The van der Waals surface area contributed by atoms with Gasteiger partial charge in [0.25, 0.3) is 5.91 Å². The van der Waals surface area contributed by atoms with Gasteiger partial charge < -0.3 is 5.32 Å². The molecule has 3 N–H and O–H groups in total. The number of rotatable bonds is 6. The summed E-state index contributed by atoms with van der Waals surface area (Å²) in [4.78, 5) is 12.7. The number of anilines is 1. The fourth-order valence-corrected chi connectivity index (χ4v) is 3.34. The third-order valence-corrected chi connectivity index (χ3v) is 4.93. The van der Waals surface area contributed by atoms with Gasteiger partial charge in [-0.25, -0.2) is 18.2 Å². The van der Waals surface area contributed by atoms with E-state index < -0.39 is 10.0 Å². The molecule has 0 spiro atoms. The van der Waals surface area contributed by atoms with Gasteiger partial charge in [0, 0.05) is 5.69 Å². The van der Waals surface area contributed by atoms with Crippen LogP contribution in [-0.4, -0.2) is 24.1 Å². The number of aromatic nitrogens is 2. The fourth-order valence-electron chi connectivity index (χ4n) is 2.78. The van der Waals surface area contributed by atoms with Crippen molar-refractivity contribution in [1.29, 1.82) is 0 Å². The number of nitrogens with zero attached hydrogens (tertiary/aromatic N) is 2. The van der Waals surface area contributed by atoms with Crippen molar-refractivity contribution in [2.24, 2.45) is 5.14 Å². The Hall–Kier alpha value is -2.97. The molecule has 0 aliphatic heterocycles. The van der Waals surface area contributed by atoms with Gasteiger partial charge in [0.2, 0.25) is 10.0 Å². The van der Waals surface area contributed by atoms with Crippen molar-refractivity contribution in [3.05, 3.63) is 72.1 Å². The van der Waals surface area contributed by atoms with Crippen LogP contribution in [0.3, 0.4) is 0 Å². The second kappa shape index (κ2) is 7.73. The Morgan fingerprint density at radius 1 is 1.15 bits per heavy atom. The zero-order valence-corrected chi connectivity index (χ0v) is 15.6. The van der Waals surface area contributed by atoms with Gasteiger partial charge in [-0.05, 0) is 36.8 Å². The molecule has 140 valence electrons. The van der Waals surface area contributed by atoms with E-state index in [2.05, 4.69) is 10.4 Å². The summed E-state index contributed by atoms with van der Waals surface area (Å²) in [6.45, 7) is 2.03. The number of amides is 1. The van der Waals surface area contributed by atoms with Crippen molar-refractivity contribution in [1.82, 2.24) is 9.78 Å². The van der Waals surface area contributed by atoms with Crippen molar-refractivity contribution in [2.45, 2.75) is 24.7 Å². The van der Waals surface area contributed by atoms with E-state index in [1.807, 2.05) is 37.3 Å². The minimum atomic E-state index is -3.84. The first-order chi connectivity index (χ1) is 12.9. The number of para-hydroxylation sites is 1. The summed E-state index contributed by atoms with van der Waals surface area (Å²) in [5.74, 6) is -0.354. The fraction of sp³-hybridized carbons (Fsp3) is 0.158. The molecule has 7 nitrogen and oxygen atoms in total. The molecule has 1 aromatic heterocycles. The second-order valence-corrected chi connectivity index (χ2v) is 7.59. The molecule has 3 rings (SSSR count). The van der Waals surface area contributed by atoms with E-state index in [0.717, 1.165) is 17.8 Å². The zero-order chi connectivity index (χ0) is 19.4. The topological polar surface area (TPSA) is 107 Å². The summed E-state index contributed by atoms with van der Waals surface area (Å²) in [5.41, 5.74) is 2.46. The molecular weight excluding hydrogens is 364 g/mol. The van der Waals surface area contributed by atoms with Crippen LogP contribution in [0.25, 0.3) is 5.69 Å². The first-order valence-corrected chi connectivity index (χ1v) is 10.0. The maximum Gasteiger partial charge on any atom is 0.259 e. The highest BCUT2D eigenvalue weighted by Crippen LogP contribution is 2.20. The van der Waals surface area contributed by atoms with Crippen LogP contribution in [0.5, 0.6) is 0 Å². The Morgan fingerprint density at radius 3 is 2.56 bits per heavy atom. The lowest BCUT2D eigenvalue weighted by atomic mass is 10.1. The molecule has 0 unspecified atom stereocenters. The Bertz CT molecular complexity index is 1060. The van der Waals surface area contributed by atoms with E-state index in [4.69, 9.17) is 5.14 Å². The standard InChI is InChI=1S/C19H20N4O3S/c1-2-7-18-17(13-21-23(18)15-9-4-3-5-10-15)19(24)22-14-8-6-11-16(12-14)27(20,25)26/h3-6,8-13H,2,7H2,1H3,(H,22,24)(H2,20,25,26). The Kier molecular flexibility index (Phi) is 5.38. The van der Waals surface area contributed by atoms with Crippen LogP contribution < -0.4 is 10.5 Å². The molecule has 0 saturated heterocycles. The highest BCUT2D eigenvalue weighted by molar-refractivity contribution is 7.89. The summed E-state index contributed by atoms with van der Waals surface area (Å²) < 4.78 is 24.7. The molecule has 1 amide bonds. The van der Waals surface area contributed by atoms with Gasteiger partial charge in [0.1, 0.15) is 0 Å². The minimum absolute atomic E-state index is 0.0611. The van der Waals surface area contributed by atoms with E-state index in [-0.39, 0.29) is 10.8 Å². The maximum atomic E-state index is 12.8. The van der Waals surface area contributed by atoms with E-state index in [9.17, 15) is 13.2 Å². The smallest absolute Gasteiger partial charge is 0.259 e. The SMILES string of the molecule is CCCc1c(C(=O)Nc2cccc(S(N)(=O)=O)c2)cnn1-c1ccccc1. The third-order valence-electron chi connectivity index (χ3n) is 4.02. The predicted octanol–water partition coefficient (Wildman–Crippen LogP) is 2.72. The summed E-state index contributed by atoms with van der Waals surface area (Å²) in [6.07, 6.45) is 3.05. The van der Waals surface area contributed by atoms with Crippen molar-refractivity contribution in [2.75, 3.05) is 5.32 Å². The van der Waals surface area contributed by atoms with Crippen LogP contribution in [0.4, 0.5) is 5.69 Å². The number of hydrogen-bond donors (Lipinski definition) is 2. The normalized spacial score (nSPS) is 11.3. The van der Waals surface area contributed by atoms with Crippen LogP contribution in [0, 0.1) is 0 Å². The van der Waals surface area contributed by atoms with E-state index >= 15 is 0 Å². The number of nitrogens with two attached hydrogens (primary N) is 1. The molecule has 0 fully saturated rings. The Balaban J connectivity index is 1.93. The molecule has 0 bridgehead atoms. The Morgan fingerprint density at radius 2 is 1.89 bits per heavy atom. The number of hydrogen-bond acceptors (Lipinski definition) is 4. The lowest BCUT2D eigenvalue weighted by molar-refractivity contribution is 0.102. The molecule has 0 radical (unpaired) electrons. The molecule has 8 heteroatoms. The number of benzene rings is 2. The molecule has 0 atom stereocenters. The molecule has 2 aromatic carbocycles. The van der Waals surface area contributed by atoms with Crippen molar-refractivity contribution < 1.29 is 13.2 Å². The van der Waals surface area contributed by atoms with E-state index in [0.29, 0.717) is 17.7 Å². The number of carbonyl (C=O) groups is 1. The minimum Gasteiger partial charge on any atom is -0.322 e. The highest BCUT2D eigenvalue weighted by atomic mass is 32.2. The lowest BCUT2D eigenvalue weighted by Crippen LogP contribution is -2.16. The van der Waals surface area contributed by atoms with Crippen molar-refractivity contribution >= 4 is 21.6 Å². The summed E-state index contributed by atoms with van der Waals surface area (Å²) in [5, 5.41) is 12.2. The average Bonchev–Trinajstić information content (AvgIpc) is 3.06. The molecule has 27 heavy (non-hydrogen) atoms. The van der Waals surface area contributed by atoms with Gasteiger partial charge >= 0.3 is 0 Å². The Labute approximate surface area is 157 Å². The number of nitrogens with one attached hydrogen (secondary N) is 1. The van der Waals surface area contributed by atoms with Crippen molar-refractivity contribution in [3.8, 4) is 5.69 Å². The summed E-state index contributed by atoms with van der Waals surface area (Å²) >= 11 is 0. The van der Waals surface area contributed by atoms with Gasteiger partial charge in [-0.3, -0.25) is 4.79 Å². The lowest BCUT2D eigenvalue weighted by Gasteiger charge is -2.10. The van der Waals surface area contributed by atoms with Crippen LogP contribution in [0.15, 0.2) is 65.7 Å². The monoisotopic (exact) mass is 384 g/mol. The summed E-state index contributed by atoms with van der Waals surface area (Å²) in [7, 11) is -3.84. The van der Waals surface area contributed by atoms with Crippen molar-refractivity contribution in [3.63, 3.8) is 0 Å². The first kappa shape index (κ1) is 18.8. The van der Waals surface area contributed by atoms with Gasteiger partial charge in [-0.15, -0.1) is 0 Å². The largest absolute Gasteiger partial charge is 0.322 e. The molecular formula is C19H20N4O3S. The zero-order valence-electron chi connectivity index (χ0n) is 14.8. The molecule has 1 heterocycles. The van der Waals surface area contributed by atoms with Gasteiger partial charge in [-0.2, -0.15) is 5.10 Å². The third kappa shape index (κ3) is 4.24. The molecule has 3 aromatic rings. The second-order valence-electron chi connectivity index (χ2n) is 6.03. The molecule has 0 saturated carbocycles. The molecule has 0 aliphatic carbocycles. The highest BCUT2D eigenvalue weighted by Gasteiger charge is 2.18. The van der Waals surface area contributed by atoms with Gasteiger partial charge in [-0.1, -0.05) is 37.6 Å². The number of primary sulfonamides is 1. The van der Waals surface area contributed by atoms with Gasteiger partial charge in [0.05, 0.1) is 28.0 Å². The maximum absolute atomic E-state index is 12.8. The quantitative estimate of drug-likeness (QED) is 0.681. The van der Waals surface area contributed by atoms with E-state index in [1.165, 1.54) is 24.4 Å². The first-order valence-electron chi connectivity index (χ1n) is 8.46. The van der Waals surface area contributed by atoms with E-state index in [1.54, 1.807) is 10.7 Å².